The second-order valence-electron chi connectivity index (χ2n) is 5.59. The Balaban J connectivity index is 2.80. The molecular formula is C17H17N3O6. The average molecular weight is 359 g/mol. The average Bonchev–Trinajstić information content (AvgIpc) is 2.55. The number of nitrogens with two attached hydrogens (primary N) is 1. The highest BCUT2D eigenvalue weighted by molar-refractivity contribution is 5.93. The van der Waals surface area contributed by atoms with Crippen LogP contribution < -0.4 is 5.73 Å². The van der Waals surface area contributed by atoms with Gasteiger partial charge in [-0.3, -0.25) is 10.1 Å². The van der Waals surface area contributed by atoms with Crippen LogP contribution >= 0.6 is 0 Å². The fraction of sp³-hybridized carbons (Fsp3) is 0.294. The van der Waals surface area contributed by atoms with Gasteiger partial charge in [0.2, 0.25) is 5.88 Å². The van der Waals surface area contributed by atoms with Gasteiger partial charge in [0, 0.05) is 11.6 Å². The van der Waals surface area contributed by atoms with Crippen molar-refractivity contribution in [1.82, 2.24) is 0 Å². The molecule has 1 atom stereocenters. The molecule has 1 unspecified atom stereocenters. The number of nitro groups is 1. The van der Waals surface area contributed by atoms with Crippen molar-refractivity contribution in [1.29, 1.82) is 5.26 Å². The molecular weight excluding hydrogens is 342 g/mol. The number of esters is 1. The van der Waals surface area contributed by atoms with Crippen molar-refractivity contribution in [3.63, 3.8) is 0 Å². The lowest BCUT2D eigenvalue weighted by molar-refractivity contribution is -0.386. The van der Waals surface area contributed by atoms with Crippen LogP contribution in [0.3, 0.4) is 0 Å². The zero-order valence-corrected chi connectivity index (χ0v) is 14.4. The number of aryl methyl sites for hydroxylation is 1. The largest absolute Gasteiger partial charge is 0.502 e. The molecule has 9 heteroatoms. The summed E-state index contributed by atoms with van der Waals surface area (Å²) in [4.78, 5) is 22.9. The summed E-state index contributed by atoms with van der Waals surface area (Å²) in [5.41, 5.74) is 5.50. The molecule has 1 aromatic rings. The SMILES string of the molecule is CCOC(=O)C1=C(C)OC(N)=C(C#N)C1c1cc(C)cc([N+](=O)[O-])c1O. The van der Waals surface area contributed by atoms with Gasteiger partial charge in [-0.25, -0.2) is 4.79 Å². The minimum atomic E-state index is -1.15. The molecule has 1 aliphatic rings. The Labute approximate surface area is 149 Å². The van der Waals surface area contributed by atoms with E-state index in [0.29, 0.717) is 5.56 Å². The number of phenolic OH excluding ortho intramolecular Hbond substituents is 1. The molecule has 26 heavy (non-hydrogen) atoms. The first-order valence-electron chi connectivity index (χ1n) is 7.66. The number of aromatic hydroxyl groups is 1. The van der Waals surface area contributed by atoms with Crippen LogP contribution in [0.1, 0.15) is 30.9 Å². The normalized spacial score (nSPS) is 16.8. The third-order valence-corrected chi connectivity index (χ3v) is 3.87. The summed E-state index contributed by atoms with van der Waals surface area (Å²) in [6.07, 6.45) is 0. The van der Waals surface area contributed by atoms with E-state index in [1.165, 1.54) is 19.1 Å². The van der Waals surface area contributed by atoms with E-state index in [2.05, 4.69) is 0 Å². The zero-order chi connectivity index (χ0) is 19.6. The van der Waals surface area contributed by atoms with Gasteiger partial charge in [0.1, 0.15) is 17.4 Å². The van der Waals surface area contributed by atoms with E-state index in [0.717, 1.165) is 0 Å². The van der Waals surface area contributed by atoms with Crippen LogP contribution in [0.25, 0.3) is 0 Å². The maximum atomic E-state index is 12.4. The van der Waals surface area contributed by atoms with Crippen molar-refractivity contribution in [3.05, 3.63) is 56.2 Å². The van der Waals surface area contributed by atoms with Crippen LogP contribution in [-0.2, 0) is 14.3 Å². The first-order valence-corrected chi connectivity index (χ1v) is 7.66. The summed E-state index contributed by atoms with van der Waals surface area (Å²) in [5.74, 6) is -2.71. The molecule has 9 nitrogen and oxygen atoms in total. The Hall–Kier alpha value is -3.54. The highest BCUT2D eigenvalue weighted by Gasteiger charge is 2.39. The van der Waals surface area contributed by atoms with Gasteiger partial charge in [0.15, 0.2) is 5.75 Å². The molecule has 1 aliphatic heterocycles. The van der Waals surface area contributed by atoms with Crippen LogP contribution in [0, 0.1) is 28.4 Å². The number of nitrogens with zero attached hydrogens (tertiary/aromatic N) is 2. The van der Waals surface area contributed by atoms with Crippen molar-refractivity contribution in [2.75, 3.05) is 6.61 Å². The smallest absolute Gasteiger partial charge is 0.338 e. The van der Waals surface area contributed by atoms with E-state index >= 15 is 0 Å². The Morgan fingerprint density at radius 3 is 2.69 bits per heavy atom. The first-order chi connectivity index (χ1) is 12.2. The number of hydrogen-bond acceptors (Lipinski definition) is 8. The van der Waals surface area contributed by atoms with E-state index in [-0.39, 0.29) is 35.0 Å². The summed E-state index contributed by atoms with van der Waals surface area (Å²) >= 11 is 0. The molecule has 0 amide bonds. The third kappa shape index (κ3) is 3.17. The lowest BCUT2D eigenvalue weighted by Gasteiger charge is -2.27. The standard InChI is InChI=1S/C17H17N3O6/c1-4-25-17(22)13-9(3)26-16(19)11(7-18)14(13)10-5-8(2)6-12(15(10)21)20(23)24/h5-6,14,21H,4,19H2,1-3H3. The lowest BCUT2D eigenvalue weighted by atomic mass is 9.82. The molecule has 1 aromatic carbocycles. The number of rotatable bonds is 4. The topological polar surface area (TPSA) is 149 Å². The summed E-state index contributed by atoms with van der Waals surface area (Å²) in [6.45, 7) is 4.73. The van der Waals surface area contributed by atoms with Crippen LogP contribution in [-0.4, -0.2) is 22.6 Å². The number of benzene rings is 1. The third-order valence-electron chi connectivity index (χ3n) is 3.87. The molecule has 0 spiro atoms. The van der Waals surface area contributed by atoms with Gasteiger partial charge in [0.05, 0.1) is 23.0 Å². The van der Waals surface area contributed by atoms with Crippen molar-refractivity contribution >= 4 is 11.7 Å². The first kappa shape index (κ1) is 18.8. The Morgan fingerprint density at radius 1 is 1.50 bits per heavy atom. The number of carbonyl (C=O) groups excluding carboxylic acids is 1. The maximum Gasteiger partial charge on any atom is 0.338 e. The van der Waals surface area contributed by atoms with E-state index in [1.54, 1.807) is 13.8 Å². The molecule has 0 radical (unpaired) electrons. The fourth-order valence-corrected chi connectivity index (χ4v) is 2.81. The number of nitro benzene ring substituents is 1. The van der Waals surface area contributed by atoms with Crippen LogP contribution in [0.2, 0.25) is 0 Å². The number of phenols is 1. The molecule has 0 bridgehead atoms. The summed E-state index contributed by atoms with van der Waals surface area (Å²) in [5, 5.41) is 31.1. The van der Waals surface area contributed by atoms with Gasteiger partial charge in [-0.2, -0.15) is 5.26 Å². The predicted molar refractivity (Wildman–Crippen MR) is 89.5 cm³/mol. The summed E-state index contributed by atoms with van der Waals surface area (Å²) in [6, 6.07) is 4.50. The van der Waals surface area contributed by atoms with E-state index in [4.69, 9.17) is 15.2 Å². The van der Waals surface area contributed by atoms with E-state index in [1.807, 2.05) is 6.07 Å². The molecule has 3 N–H and O–H groups in total. The molecule has 0 fully saturated rings. The number of hydrogen-bond donors (Lipinski definition) is 2. The van der Waals surface area contributed by atoms with Gasteiger partial charge in [-0.05, 0) is 26.3 Å². The quantitative estimate of drug-likeness (QED) is 0.472. The molecule has 2 rings (SSSR count). The molecule has 0 aromatic heterocycles. The predicted octanol–water partition coefficient (Wildman–Crippen LogP) is 2.25. The highest BCUT2D eigenvalue weighted by atomic mass is 16.6. The highest BCUT2D eigenvalue weighted by Crippen LogP contribution is 2.45. The molecule has 0 saturated heterocycles. The summed E-state index contributed by atoms with van der Waals surface area (Å²) < 4.78 is 10.3. The van der Waals surface area contributed by atoms with Gasteiger partial charge in [-0.1, -0.05) is 6.07 Å². The minimum absolute atomic E-state index is 0.00176. The van der Waals surface area contributed by atoms with Gasteiger partial charge < -0.3 is 20.3 Å². The fourth-order valence-electron chi connectivity index (χ4n) is 2.81. The molecule has 0 aliphatic carbocycles. The van der Waals surface area contributed by atoms with Crippen LogP contribution in [0.4, 0.5) is 5.69 Å². The zero-order valence-electron chi connectivity index (χ0n) is 14.4. The van der Waals surface area contributed by atoms with Crippen LogP contribution in [0.15, 0.2) is 34.9 Å². The van der Waals surface area contributed by atoms with Gasteiger partial charge in [0.25, 0.3) is 0 Å². The van der Waals surface area contributed by atoms with Gasteiger partial charge in [-0.15, -0.1) is 0 Å². The van der Waals surface area contributed by atoms with E-state index < -0.39 is 28.2 Å². The van der Waals surface area contributed by atoms with Crippen molar-refractivity contribution < 1.29 is 24.3 Å². The molecule has 0 saturated carbocycles. The minimum Gasteiger partial charge on any atom is -0.502 e. The maximum absolute atomic E-state index is 12.4. The second kappa shape index (κ2) is 7.14. The monoisotopic (exact) mass is 359 g/mol. The number of allylic oxidation sites excluding steroid dienone is 2. The lowest BCUT2D eigenvalue weighted by Crippen LogP contribution is -2.25. The van der Waals surface area contributed by atoms with Crippen molar-refractivity contribution in [3.8, 4) is 11.8 Å². The Kier molecular flexibility index (Phi) is 5.16. The second-order valence-corrected chi connectivity index (χ2v) is 5.59. The van der Waals surface area contributed by atoms with Crippen molar-refractivity contribution in [2.45, 2.75) is 26.7 Å². The van der Waals surface area contributed by atoms with Crippen molar-refractivity contribution in [2.24, 2.45) is 5.73 Å². The van der Waals surface area contributed by atoms with Crippen LogP contribution in [0.5, 0.6) is 5.75 Å². The number of carbonyl (C=O) groups is 1. The van der Waals surface area contributed by atoms with E-state index in [9.17, 15) is 25.3 Å². The Bertz CT molecular complexity index is 894. The summed E-state index contributed by atoms with van der Waals surface area (Å²) in [7, 11) is 0. The van der Waals surface area contributed by atoms with Gasteiger partial charge >= 0.3 is 11.7 Å². The molecule has 136 valence electrons. The molecule has 1 heterocycles. The Morgan fingerprint density at radius 2 is 2.15 bits per heavy atom. The number of nitriles is 1. The number of ether oxygens (including phenoxy) is 2.